The molecule has 0 amide bonds. The molecule has 2 aromatic rings. The van der Waals surface area contributed by atoms with Gasteiger partial charge < -0.3 is 13.9 Å². The van der Waals surface area contributed by atoms with Crippen molar-refractivity contribution in [2.24, 2.45) is 0 Å². The number of rotatable bonds is 2. The summed E-state index contributed by atoms with van der Waals surface area (Å²) in [6, 6.07) is 5.14. The Kier molecular flexibility index (Phi) is 2.29. The molecule has 15 heavy (non-hydrogen) atoms. The Labute approximate surface area is 85.6 Å². The minimum atomic E-state index is -0.464. The zero-order valence-corrected chi connectivity index (χ0v) is 8.31. The largest absolute Gasteiger partial charge is 0.497 e. The molecule has 0 aliphatic carbocycles. The quantitative estimate of drug-likeness (QED) is 0.702. The highest BCUT2D eigenvalue weighted by molar-refractivity contribution is 5.76. The van der Waals surface area contributed by atoms with Crippen LogP contribution in [0.2, 0.25) is 0 Å². The number of ether oxygens (including phenoxy) is 2. The smallest absolute Gasteiger partial charge is 0.402 e. The predicted molar refractivity (Wildman–Crippen MR) is 51.9 cm³/mol. The SMILES string of the molecule is COc1ccc2oc(OC(C)=O)nc2c1. The van der Waals surface area contributed by atoms with Crippen molar-refractivity contribution in [1.82, 2.24) is 4.98 Å². The average molecular weight is 207 g/mol. The number of fused-ring (bicyclic) bond motifs is 1. The highest BCUT2D eigenvalue weighted by atomic mass is 16.6. The van der Waals surface area contributed by atoms with E-state index in [0.29, 0.717) is 16.8 Å². The second kappa shape index (κ2) is 3.61. The number of oxazole rings is 1. The first-order chi connectivity index (χ1) is 7.19. The Hall–Kier alpha value is -2.04. The van der Waals surface area contributed by atoms with E-state index in [-0.39, 0.29) is 6.08 Å². The summed E-state index contributed by atoms with van der Waals surface area (Å²) in [6.45, 7) is 1.29. The van der Waals surface area contributed by atoms with E-state index >= 15 is 0 Å². The fraction of sp³-hybridized carbons (Fsp3) is 0.200. The molecule has 0 bridgehead atoms. The van der Waals surface area contributed by atoms with Crippen molar-refractivity contribution in [2.45, 2.75) is 6.92 Å². The third kappa shape index (κ3) is 1.90. The Morgan fingerprint density at radius 1 is 1.47 bits per heavy atom. The van der Waals surface area contributed by atoms with Crippen molar-refractivity contribution in [3.63, 3.8) is 0 Å². The normalized spacial score (nSPS) is 10.3. The molecule has 0 radical (unpaired) electrons. The van der Waals surface area contributed by atoms with Crippen molar-refractivity contribution in [1.29, 1.82) is 0 Å². The van der Waals surface area contributed by atoms with E-state index in [2.05, 4.69) is 4.98 Å². The minimum absolute atomic E-state index is 0.0502. The molecule has 1 aromatic heterocycles. The van der Waals surface area contributed by atoms with E-state index in [0.717, 1.165) is 0 Å². The third-order valence-electron chi connectivity index (χ3n) is 1.81. The summed E-state index contributed by atoms with van der Waals surface area (Å²) in [4.78, 5) is 14.6. The van der Waals surface area contributed by atoms with Crippen LogP contribution in [0.1, 0.15) is 6.92 Å². The highest BCUT2D eigenvalue weighted by Gasteiger charge is 2.09. The lowest BCUT2D eigenvalue weighted by Gasteiger charge is -1.95. The molecule has 0 saturated heterocycles. The van der Waals surface area contributed by atoms with Crippen LogP contribution in [0.4, 0.5) is 0 Å². The number of esters is 1. The lowest BCUT2D eigenvalue weighted by atomic mass is 10.3. The molecular formula is C10H9NO4. The zero-order chi connectivity index (χ0) is 10.8. The molecule has 0 aliphatic heterocycles. The second-order valence-corrected chi connectivity index (χ2v) is 2.91. The van der Waals surface area contributed by atoms with E-state index in [1.54, 1.807) is 25.3 Å². The number of carbonyl (C=O) groups is 1. The summed E-state index contributed by atoms with van der Waals surface area (Å²) in [6.07, 6.45) is -0.0502. The van der Waals surface area contributed by atoms with E-state index < -0.39 is 5.97 Å². The van der Waals surface area contributed by atoms with Gasteiger partial charge in [0, 0.05) is 13.0 Å². The minimum Gasteiger partial charge on any atom is -0.497 e. The van der Waals surface area contributed by atoms with Crippen molar-refractivity contribution in [3.05, 3.63) is 18.2 Å². The molecule has 0 atom stereocenters. The van der Waals surface area contributed by atoms with Gasteiger partial charge >= 0.3 is 12.0 Å². The van der Waals surface area contributed by atoms with E-state index in [1.807, 2.05) is 0 Å². The van der Waals surface area contributed by atoms with Crippen LogP contribution in [0.15, 0.2) is 22.6 Å². The molecule has 0 saturated carbocycles. The average Bonchev–Trinajstić information content (AvgIpc) is 2.57. The first-order valence-electron chi connectivity index (χ1n) is 4.32. The van der Waals surface area contributed by atoms with Crippen LogP contribution in [0.3, 0.4) is 0 Å². The molecule has 5 nitrogen and oxygen atoms in total. The molecule has 0 fully saturated rings. The Morgan fingerprint density at radius 3 is 2.93 bits per heavy atom. The maximum atomic E-state index is 10.7. The maximum Gasteiger partial charge on any atom is 0.402 e. The summed E-state index contributed by atoms with van der Waals surface area (Å²) in [7, 11) is 1.56. The van der Waals surface area contributed by atoms with Crippen LogP contribution in [-0.2, 0) is 4.79 Å². The molecule has 0 aliphatic rings. The summed E-state index contributed by atoms with van der Waals surface area (Å²) in [5, 5.41) is 0. The summed E-state index contributed by atoms with van der Waals surface area (Å²) < 4.78 is 14.9. The number of nitrogens with zero attached hydrogens (tertiary/aromatic N) is 1. The Bertz CT molecular complexity index is 503. The lowest BCUT2D eigenvalue weighted by Crippen LogP contribution is -2.00. The number of methoxy groups -OCH3 is 1. The second-order valence-electron chi connectivity index (χ2n) is 2.91. The number of hydrogen-bond donors (Lipinski definition) is 0. The Balaban J connectivity index is 2.42. The molecule has 0 unspecified atom stereocenters. The molecule has 0 spiro atoms. The van der Waals surface area contributed by atoms with Gasteiger partial charge in [-0.15, -0.1) is 0 Å². The molecular weight excluding hydrogens is 198 g/mol. The van der Waals surface area contributed by atoms with Gasteiger partial charge in [0.2, 0.25) is 0 Å². The summed E-state index contributed by atoms with van der Waals surface area (Å²) in [5.74, 6) is 0.207. The molecule has 5 heteroatoms. The highest BCUT2D eigenvalue weighted by Crippen LogP contribution is 2.24. The van der Waals surface area contributed by atoms with E-state index in [9.17, 15) is 4.79 Å². The number of hydrogen-bond acceptors (Lipinski definition) is 5. The fourth-order valence-corrected chi connectivity index (χ4v) is 1.18. The number of benzene rings is 1. The topological polar surface area (TPSA) is 61.6 Å². The van der Waals surface area contributed by atoms with Gasteiger partial charge in [0.25, 0.3) is 0 Å². The van der Waals surface area contributed by atoms with Crippen LogP contribution in [0.5, 0.6) is 11.8 Å². The van der Waals surface area contributed by atoms with Crippen molar-refractivity contribution in [3.8, 4) is 11.8 Å². The zero-order valence-electron chi connectivity index (χ0n) is 8.31. The van der Waals surface area contributed by atoms with Gasteiger partial charge in [-0.1, -0.05) is 0 Å². The first-order valence-corrected chi connectivity index (χ1v) is 4.32. The molecule has 1 aromatic carbocycles. The fourth-order valence-electron chi connectivity index (χ4n) is 1.18. The lowest BCUT2D eigenvalue weighted by molar-refractivity contribution is -0.133. The van der Waals surface area contributed by atoms with Gasteiger partial charge in [0.05, 0.1) is 7.11 Å². The van der Waals surface area contributed by atoms with Crippen LogP contribution in [0.25, 0.3) is 11.1 Å². The van der Waals surface area contributed by atoms with Crippen molar-refractivity contribution >= 4 is 17.1 Å². The summed E-state index contributed by atoms with van der Waals surface area (Å²) in [5.41, 5.74) is 1.14. The molecule has 78 valence electrons. The first kappa shape index (κ1) is 9.51. The van der Waals surface area contributed by atoms with Crippen molar-refractivity contribution < 1.29 is 18.7 Å². The van der Waals surface area contributed by atoms with Gasteiger partial charge in [-0.3, -0.25) is 4.79 Å². The standard InChI is InChI=1S/C10H9NO4/c1-6(12)14-10-11-8-5-7(13-2)3-4-9(8)15-10/h3-5H,1-2H3. The molecule has 0 N–H and O–H groups in total. The van der Waals surface area contributed by atoms with Gasteiger partial charge in [-0.25, -0.2) is 0 Å². The van der Waals surface area contributed by atoms with Crippen LogP contribution in [-0.4, -0.2) is 18.1 Å². The van der Waals surface area contributed by atoms with Gasteiger partial charge in [0.1, 0.15) is 11.3 Å². The van der Waals surface area contributed by atoms with Crippen LogP contribution in [0, 0.1) is 0 Å². The maximum absolute atomic E-state index is 10.7. The molecule has 1 heterocycles. The number of carbonyl (C=O) groups excluding carboxylic acids is 1. The summed E-state index contributed by atoms with van der Waals surface area (Å²) >= 11 is 0. The van der Waals surface area contributed by atoms with Crippen molar-refractivity contribution in [2.75, 3.05) is 7.11 Å². The monoisotopic (exact) mass is 207 g/mol. The van der Waals surface area contributed by atoms with Crippen LogP contribution < -0.4 is 9.47 Å². The Morgan fingerprint density at radius 2 is 2.27 bits per heavy atom. The predicted octanol–water partition coefficient (Wildman–Crippen LogP) is 1.76. The molecule has 2 rings (SSSR count). The number of aromatic nitrogens is 1. The van der Waals surface area contributed by atoms with E-state index in [4.69, 9.17) is 13.9 Å². The third-order valence-corrected chi connectivity index (χ3v) is 1.81. The van der Waals surface area contributed by atoms with Gasteiger partial charge in [-0.05, 0) is 12.1 Å². The van der Waals surface area contributed by atoms with Crippen LogP contribution >= 0.6 is 0 Å². The van der Waals surface area contributed by atoms with E-state index in [1.165, 1.54) is 6.92 Å². The van der Waals surface area contributed by atoms with Gasteiger partial charge in [0.15, 0.2) is 5.58 Å². The van der Waals surface area contributed by atoms with Gasteiger partial charge in [-0.2, -0.15) is 4.98 Å².